The third-order valence-corrected chi connectivity index (χ3v) is 4.35. The third-order valence-electron chi connectivity index (χ3n) is 3.76. The summed E-state index contributed by atoms with van der Waals surface area (Å²) in [4.78, 5) is 2.49. The fraction of sp³-hybridized carbons (Fsp3) is 1.00. The van der Waals surface area contributed by atoms with Gasteiger partial charge in [-0.15, -0.1) is 0 Å². The molecule has 3 heteroatoms. The van der Waals surface area contributed by atoms with Gasteiger partial charge < -0.3 is 10.2 Å². The summed E-state index contributed by atoms with van der Waals surface area (Å²) in [5.74, 6) is 2.09. The number of rotatable bonds is 6. The van der Waals surface area contributed by atoms with Crippen molar-refractivity contribution >= 4 is 11.8 Å². The molecule has 16 heavy (non-hydrogen) atoms. The van der Waals surface area contributed by atoms with E-state index in [-0.39, 0.29) is 0 Å². The highest BCUT2D eigenvalue weighted by Gasteiger charge is 2.31. The van der Waals surface area contributed by atoms with Crippen LogP contribution in [0, 0.1) is 11.3 Å². The summed E-state index contributed by atoms with van der Waals surface area (Å²) in [7, 11) is 2.26. The molecule has 0 amide bonds. The summed E-state index contributed by atoms with van der Waals surface area (Å²) < 4.78 is 0. The molecule has 1 aliphatic heterocycles. The molecule has 2 nitrogen and oxygen atoms in total. The van der Waals surface area contributed by atoms with Crippen LogP contribution in [0.1, 0.15) is 26.7 Å². The molecule has 1 rings (SSSR count). The lowest BCUT2D eigenvalue weighted by Crippen LogP contribution is -2.44. The van der Waals surface area contributed by atoms with Gasteiger partial charge in [-0.2, -0.15) is 11.8 Å². The molecule has 0 bridgehead atoms. The predicted octanol–water partition coefficient (Wildman–Crippen LogP) is 2.31. The van der Waals surface area contributed by atoms with Crippen molar-refractivity contribution in [1.29, 1.82) is 0 Å². The molecule has 0 aromatic rings. The van der Waals surface area contributed by atoms with Crippen molar-refractivity contribution in [3.05, 3.63) is 0 Å². The second kappa shape index (κ2) is 6.87. The highest BCUT2D eigenvalue weighted by atomic mass is 32.2. The lowest BCUT2D eigenvalue weighted by Gasteiger charge is -2.40. The van der Waals surface area contributed by atoms with Gasteiger partial charge in [0.05, 0.1) is 0 Å². The first-order valence-electron chi connectivity index (χ1n) is 6.44. The van der Waals surface area contributed by atoms with E-state index in [1.807, 2.05) is 11.8 Å². The Bertz CT molecular complexity index is 188. The summed E-state index contributed by atoms with van der Waals surface area (Å²) in [6.45, 7) is 9.73. The van der Waals surface area contributed by atoms with Crippen LogP contribution >= 0.6 is 11.8 Å². The monoisotopic (exact) mass is 244 g/mol. The van der Waals surface area contributed by atoms with Crippen molar-refractivity contribution in [3.63, 3.8) is 0 Å². The van der Waals surface area contributed by atoms with Crippen molar-refractivity contribution in [1.82, 2.24) is 10.2 Å². The van der Waals surface area contributed by atoms with Crippen LogP contribution in [0.25, 0.3) is 0 Å². The summed E-state index contributed by atoms with van der Waals surface area (Å²) in [5, 5.41) is 3.53. The molecule has 1 N–H and O–H groups in total. The van der Waals surface area contributed by atoms with E-state index in [4.69, 9.17) is 0 Å². The molecular formula is C13H28N2S. The molecular weight excluding hydrogens is 216 g/mol. The van der Waals surface area contributed by atoms with Gasteiger partial charge in [0.2, 0.25) is 0 Å². The molecule has 1 aliphatic rings. The standard InChI is InChI=1S/C13H28N2S/c1-13(2,11-15(3)8-9-16-4)12-6-5-7-14-10-12/h12,14H,5-11H2,1-4H3. The Morgan fingerprint density at radius 3 is 2.75 bits per heavy atom. The van der Waals surface area contributed by atoms with Gasteiger partial charge in [-0.1, -0.05) is 13.8 Å². The summed E-state index contributed by atoms with van der Waals surface area (Å²) in [5.41, 5.74) is 0.445. The average Bonchev–Trinajstić information content (AvgIpc) is 2.27. The lowest BCUT2D eigenvalue weighted by atomic mass is 9.74. The smallest absolute Gasteiger partial charge is 0.00694 e. The van der Waals surface area contributed by atoms with Crippen LogP contribution in [0.15, 0.2) is 0 Å². The number of piperidine rings is 1. The Labute approximate surface area is 106 Å². The number of hydrogen-bond acceptors (Lipinski definition) is 3. The van der Waals surface area contributed by atoms with Gasteiger partial charge in [0.1, 0.15) is 0 Å². The van der Waals surface area contributed by atoms with E-state index in [1.165, 1.54) is 44.8 Å². The van der Waals surface area contributed by atoms with E-state index in [9.17, 15) is 0 Å². The molecule has 1 atom stereocenters. The second-order valence-corrected chi connectivity index (χ2v) is 6.75. The summed E-state index contributed by atoms with van der Waals surface area (Å²) in [6.07, 6.45) is 4.93. The van der Waals surface area contributed by atoms with Crippen LogP contribution in [0.3, 0.4) is 0 Å². The van der Waals surface area contributed by atoms with Crippen LogP contribution in [0.5, 0.6) is 0 Å². The second-order valence-electron chi connectivity index (χ2n) is 5.76. The maximum absolute atomic E-state index is 3.53. The Kier molecular flexibility index (Phi) is 6.16. The van der Waals surface area contributed by atoms with Crippen molar-refractivity contribution < 1.29 is 0 Å². The topological polar surface area (TPSA) is 15.3 Å². The summed E-state index contributed by atoms with van der Waals surface area (Å²) in [6, 6.07) is 0. The van der Waals surface area contributed by atoms with Gasteiger partial charge in [-0.3, -0.25) is 0 Å². The van der Waals surface area contributed by atoms with E-state index in [1.54, 1.807) is 0 Å². The van der Waals surface area contributed by atoms with E-state index in [2.05, 4.69) is 37.4 Å². The van der Waals surface area contributed by atoms with Gasteiger partial charge in [0.15, 0.2) is 0 Å². The maximum Gasteiger partial charge on any atom is 0.00694 e. The zero-order valence-electron chi connectivity index (χ0n) is 11.4. The first kappa shape index (κ1) is 14.3. The molecule has 0 spiro atoms. The van der Waals surface area contributed by atoms with E-state index in [0.29, 0.717) is 5.41 Å². The van der Waals surface area contributed by atoms with Crippen molar-refractivity contribution in [2.75, 3.05) is 45.2 Å². The molecule has 1 unspecified atom stereocenters. The molecule has 0 aromatic heterocycles. The van der Waals surface area contributed by atoms with Crippen LogP contribution in [0.2, 0.25) is 0 Å². The first-order chi connectivity index (χ1) is 7.56. The van der Waals surface area contributed by atoms with Crippen molar-refractivity contribution in [3.8, 4) is 0 Å². The minimum Gasteiger partial charge on any atom is -0.316 e. The van der Waals surface area contributed by atoms with Crippen molar-refractivity contribution in [2.45, 2.75) is 26.7 Å². The van der Waals surface area contributed by atoms with Crippen molar-refractivity contribution in [2.24, 2.45) is 11.3 Å². The van der Waals surface area contributed by atoms with E-state index < -0.39 is 0 Å². The highest BCUT2D eigenvalue weighted by Crippen LogP contribution is 2.32. The molecule has 1 fully saturated rings. The molecule has 0 radical (unpaired) electrons. The Hall–Kier alpha value is 0.270. The first-order valence-corrected chi connectivity index (χ1v) is 7.84. The zero-order chi connectivity index (χ0) is 12.0. The number of hydrogen-bond donors (Lipinski definition) is 1. The molecule has 1 heterocycles. The molecule has 1 saturated heterocycles. The minimum atomic E-state index is 0.445. The van der Waals surface area contributed by atoms with Crippen LogP contribution in [-0.4, -0.2) is 50.1 Å². The molecule has 96 valence electrons. The van der Waals surface area contributed by atoms with Gasteiger partial charge in [-0.25, -0.2) is 0 Å². The molecule has 0 saturated carbocycles. The fourth-order valence-corrected chi connectivity index (χ4v) is 3.16. The lowest BCUT2D eigenvalue weighted by molar-refractivity contribution is 0.118. The normalized spacial score (nSPS) is 22.7. The van der Waals surface area contributed by atoms with Crippen LogP contribution < -0.4 is 5.32 Å². The highest BCUT2D eigenvalue weighted by molar-refractivity contribution is 7.98. The minimum absolute atomic E-state index is 0.445. The van der Waals surface area contributed by atoms with Gasteiger partial charge in [-0.05, 0) is 50.6 Å². The van der Waals surface area contributed by atoms with E-state index in [0.717, 1.165) is 5.92 Å². The van der Waals surface area contributed by atoms with Gasteiger partial charge in [0, 0.05) is 18.8 Å². The SMILES string of the molecule is CSCCN(C)CC(C)(C)C1CCCNC1. The number of thioether (sulfide) groups is 1. The molecule has 0 aromatic carbocycles. The number of nitrogens with one attached hydrogen (secondary N) is 1. The van der Waals surface area contributed by atoms with Crippen LogP contribution in [0.4, 0.5) is 0 Å². The Morgan fingerprint density at radius 2 is 2.19 bits per heavy atom. The predicted molar refractivity (Wildman–Crippen MR) is 75.3 cm³/mol. The Morgan fingerprint density at radius 1 is 1.44 bits per heavy atom. The van der Waals surface area contributed by atoms with Crippen LogP contribution in [-0.2, 0) is 0 Å². The summed E-state index contributed by atoms with van der Waals surface area (Å²) >= 11 is 1.94. The fourth-order valence-electron chi connectivity index (χ4n) is 2.67. The zero-order valence-corrected chi connectivity index (χ0v) is 12.2. The quantitative estimate of drug-likeness (QED) is 0.772. The third kappa shape index (κ3) is 4.64. The maximum atomic E-state index is 3.53. The Balaban J connectivity index is 2.36. The number of nitrogens with zero attached hydrogens (tertiary/aromatic N) is 1. The van der Waals surface area contributed by atoms with Gasteiger partial charge in [0.25, 0.3) is 0 Å². The average molecular weight is 244 g/mol. The van der Waals surface area contributed by atoms with E-state index >= 15 is 0 Å². The van der Waals surface area contributed by atoms with Gasteiger partial charge >= 0.3 is 0 Å². The molecule has 0 aliphatic carbocycles. The largest absolute Gasteiger partial charge is 0.316 e.